The van der Waals surface area contributed by atoms with E-state index in [2.05, 4.69) is 50.4 Å². The number of hydrogen-bond donors (Lipinski definition) is 1. The fourth-order valence-electron chi connectivity index (χ4n) is 4.10. The first-order valence-electron chi connectivity index (χ1n) is 11.4. The summed E-state index contributed by atoms with van der Waals surface area (Å²) in [6.45, 7) is 10.7. The lowest BCUT2D eigenvalue weighted by atomic mass is 9.95. The number of piperazine rings is 1. The molecule has 2 aromatic carbocycles. The summed E-state index contributed by atoms with van der Waals surface area (Å²) in [7, 11) is 0. The lowest BCUT2D eigenvalue weighted by Gasteiger charge is -2.36. The van der Waals surface area contributed by atoms with Crippen LogP contribution in [0.2, 0.25) is 0 Å². The van der Waals surface area contributed by atoms with Crippen LogP contribution in [-0.2, 0) is 17.6 Å². The van der Waals surface area contributed by atoms with Gasteiger partial charge in [0.2, 0.25) is 5.91 Å². The zero-order chi connectivity index (χ0) is 22.4. The van der Waals surface area contributed by atoms with E-state index in [1.165, 1.54) is 5.56 Å². The first-order valence-corrected chi connectivity index (χ1v) is 11.4. The summed E-state index contributed by atoms with van der Waals surface area (Å²) in [4.78, 5) is 29.4. The van der Waals surface area contributed by atoms with Crippen molar-refractivity contribution in [2.45, 2.75) is 46.5 Å². The Morgan fingerprint density at radius 2 is 1.52 bits per heavy atom. The quantitative estimate of drug-likeness (QED) is 0.719. The lowest BCUT2D eigenvalue weighted by Crippen LogP contribution is -2.52. The summed E-state index contributed by atoms with van der Waals surface area (Å²) in [5.41, 5.74) is 4.34. The molecule has 3 amide bonds. The van der Waals surface area contributed by atoms with E-state index in [1.54, 1.807) is 4.90 Å². The van der Waals surface area contributed by atoms with Gasteiger partial charge in [-0.05, 0) is 48.4 Å². The van der Waals surface area contributed by atoms with Gasteiger partial charge in [-0.1, -0.05) is 63.2 Å². The minimum atomic E-state index is -0.176. The highest BCUT2D eigenvalue weighted by molar-refractivity contribution is 5.90. The average Bonchev–Trinajstić information content (AvgIpc) is 2.78. The van der Waals surface area contributed by atoms with E-state index in [0.717, 1.165) is 29.7 Å². The fraction of sp³-hybridized carbons (Fsp3) is 0.462. The van der Waals surface area contributed by atoms with Crippen LogP contribution in [0.1, 0.15) is 50.3 Å². The Balaban J connectivity index is 1.53. The van der Waals surface area contributed by atoms with E-state index < -0.39 is 0 Å². The monoisotopic (exact) mass is 421 g/mol. The fourth-order valence-corrected chi connectivity index (χ4v) is 4.10. The number of nitrogens with one attached hydrogen (secondary N) is 1. The first-order chi connectivity index (χ1) is 14.9. The lowest BCUT2D eigenvalue weighted by molar-refractivity contribution is -0.133. The van der Waals surface area contributed by atoms with Crippen LogP contribution in [0.15, 0.2) is 48.5 Å². The third kappa shape index (κ3) is 5.87. The maximum absolute atomic E-state index is 13.0. The molecule has 0 radical (unpaired) electrons. The van der Waals surface area contributed by atoms with E-state index in [4.69, 9.17) is 0 Å². The molecule has 166 valence electrons. The maximum Gasteiger partial charge on any atom is 0.321 e. The van der Waals surface area contributed by atoms with Gasteiger partial charge in [0.1, 0.15) is 0 Å². The molecular formula is C26H35N3O2. The molecule has 0 saturated carbocycles. The average molecular weight is 422 g/mol. The number of nitrogens with zero attached hydrogens (tertiary/aromatic N) is 2. The standard InChI is InChI=1S/C26H35N3O2/c1-5-22-8-6-7-9-24(22)27-26(31)29-16-14-28(15-17-29)25(30)20(4)23-12-10-21(11-13-23)18-19(2)3/h6-13,19-20H,5,14-18H2,1-4H3,(H,27,31). The molecule has 5 nitrogen and oxygen atoms in total. The minimum Gasteiger partial charge on any atom is -0.339 e. The van der Waals surface area contributed by atoms with Crippen molar-refractivity contribution < 1.29 is 9.59 Å². The molecule has 0 bridgehead atoms. The van der Waals surface area contributed by atoms with Crippen LogP contribution in [0.4, 0.5) is 10.5 Å². The number of rotatable bonds is 6. The predicted octanol–water partition coefficient (Wildman–Crippen LogP) is 4.93. The van der Waals surface area contributed by atoms with E-state index in [0.29, 0.717) is 32.1 Å². The van der Waals surface area contributed by atoms with E-state index in [-0.39, 0.29) is 17.9 Å². The molecule has 0 spiro atoms. The molecule has 1 atom stereocenters. The van der Waals surface area contributed by atoms with Crippen LogP contribution < -0.4 is 5.32 Å². The van der Waals surface area contributed by atoms with Crippen molar-refractivity contribution in [1.29, 1.82) is 0 Å². The van der Waals surface area contributed by atoms with Crippen molar-refractivity contribution >= 4 is 17.6 Å². The Hall–Kier alpha value is -2.82. The predicted molar refractivity (Wildman–Crippen MR) is 126 cm³/mol. The molecule has 1 saturated heterocycles. The van der Waals surface area contributed by atoms with Gasteiger partial charge in [-0.15, -0.1) is 0 Å². The van der Waals surface area contributed by atoms with Crippen LogP contribution in [0.25, 0.3) is 0 Å². The highest BCUT2D eigenvalue weighted by Crippen LogP contribution is 2.21. The summed E-state index contributed by atoms with van der Waals surface area (Å²) in [5.74, 6) is 0.576. The molecule has 1 unspecified atom stereocenters. The second-order valence-electron chi connectivity index (χ2n) is 8.81. The molecule has 1 heterocycles. The van der Waals surface area contributed by atoms with Crippen molar-refractivity contribution in [3.8, 4) is 0 Å². The topological polar surface area (TPSA) is 52.7 Å². The van der Waals surface area contributed by atoms with Gasteiger partial charge in [-0.25, -0.2) is 4.79 Å². The number of amides is 3. The van der Waals surface area contributed by atoms with Gasteiger partial charge in [0.25, 0.3) is 0 Å². The van der Waals surface area contributed by atoms with E-state index >= 15 is 0 Å². The molecule has 1 aliphatic rings. The largest absolute Gasteiger partial charge is 0.339 e. The summed E-state index contributed by atoms with van der Waals surface area (Å²) in [6.07, 6.45) is 1.92. The molecule has 1 aliphatic heterocycles. The van der Waals surface area contributed by atoms with Crippen molar-refractivity contribution in [2.75, 3.05) is 31.5 Å². The smallest absolute Gasteiger partial charge is 0.321 e. The van der Waals surface area contributed by atoms with E-state index in [1.807, 2.05) is 36.1 Å². The molecule has 1 fully saturated rings. The molecule has 0 aliphatic carbocycles. The van der Waals surface area contributed by atoms with Gasteiger partial charge in [-0.2, -0.15) is 0 Å². The van der Waals surface area contributed by atoms with Crippen molar-refractivity contribution in [2.24, 2.45) is 5.92 Å². The van der Waals surface area contributed by atoms with Gasteiger partial charge >= 0.3 is 6.03 Å². The molecule has 31 heavy (non-hydrogen) atoms. The number of carbonyl (C=O) groups excluding carboxylic acids is 2. The summed E-state index contributed by atoms with van der Waals surface area (Å²) < 4.78 is 0. The van der Waals surface area contributed by atoms with Crippen molar-refractivity contribution in [1.82, 2.24) is 9.80 Å². The highest BCUT2D eigenvalue weighted by atomic mass is 16.2. The summed E-state index contributed by atoms with van der Waals surface area (Å²) in [5, 5.41) is 3.03. The molecule has 2 aromatic rings. The van der Waals surface area contributed by atoms with Crippen LogP contribution in [0, 0.1) is 5.92 Å². The van der Waals surface area contributed by atoms with Crippen molar-refractivity contribution in [3.63, 3.8) is 0 Å². The Morgan fingerprint density at radius 3 is 2.13 bits per heavy atom. The second kappa shape index (κ2) is 10.5. The summed E-state index contributed by atoms with van der Waals surface area (Å²) in [6, 6.07) is 16.2. The number of benzene rings is 2. The number of para-hydroxylation sites is 1. The third-order valence-corrected chi connectivity index (χ3v) is 6.01. The van der Waals surface area contributed by atoms with Gasteiger partial charge < -0.3 is 15.1 Å². The van der Waals surface area contributed by atoms with Gasteiger partial charge in [0.15, 0.2) is 0 Å². The van der Waals surface area contributed by atoms with Gasteiger partial charge in [-0.3, -0.25) is 4.79 Å². The number of urea groups is 1. The zero-order valence-electron chi connectivity index (χ0n) is 19.2. The Morgan fingerprint density at radius 1 is 0.903 bits per heavy atom. The molecule has 3 rings (SSSR count). The number of anilines is 1. The SMILES string of the molecule is CCc1ccccc1NC(=O)N1CCN(C(=O)C(C)c2ccc(CC(C)C)cc2)CC1. The first kappa shape index (κ1) is 22.9. The molecule has 5 heteroatoms. The van der Waals surface area contributed by atoms with Crippen LogP contribution in [0.3, 0.4) is 0 Å². The minimum absolute atomic E-state index is 0.0956. The number of hydrogen-bond acceptors (Lipinski definition) is 2. The molecular weight excluding hydrogens is 386 g/mol. The Kier molecular flexibility index (Phi) is 7.72. The van der Waals surface area contributed by atoms with Crippen LogP contribution in [-0.4, -0.2) is 47.9 Å². The number of aryl methyl sites for hydroxylation is 1. The number of carbonyl (C=O) groups is 2. The second-order valence-corrected chi connectivity index (χ2v) is 8.81. The summed E-state index contributed by atoms with van der Waals surface area (Å²) >= 11 is 0. The Bertz CT molecular complexity index is 884. The Labute approximate surface area is 186 Å². The normalized spacial score (nSPS) is 15.1. The van der Waals surface area contributed by atoms with Gasteiger partial charge in [0, 0.05) is 31.9 Å². The zero-order valence-corrected chi connectivity index (χ0v) is 19.2. The van der Waals surface area contributed by atoms with Crippen molar-refractivity contribution in [3.05, 3.63) is 65.2 Å². The third-order valence-electron chi connectivity index (χ3n) is 6.01. The highest BCUT2D eigenvalue weighted by Gasteiger charge is 2.27. The van der Waals surface area contributed by atoms with Gasteiger partial charge in [0.05, 0.1) is 5.92 Å². The van der Waals surface area contributed by atoms with E-state index in [9.17, 15) is 9.59 Å². The molecule has 1 N–H and O–H groups in total. The van der Waals surface area contributed by atoms with Crippen LogP contribution >= 0.6 is 0 Å². The maximum atomic E-state index is 13.0. The van der Waals surface area contributed by atoms with Crippen LogP contribution in [0.5, 0.6) is 0 Å². The molecule has 0 aromatic heterocycles.